The van der Waals surface area contributed by atoms with Crippen molar-refractivity contribution in [3.8, 4) is 28.2 Å². The largest absolute Gasteiger partial charge is 0.443 e. The minimum Gasteiger partial charge on any atom is -0.443 e. The summed E-state index contributed by atoms with van der Waals surface area (Å²) in [5, 5.41) is 0. The quantitative estimate of drug-likeness (QED) is 0.0918. The summed E-state index contributed by atoms with van der Waals surface area (Å²) in [6, 6.07) is 19.5. The lowest BCUT2D eigenvalue weighted by molar-refractivity contribution is 0.601. The van der Waals surface area contributed by atoms with Crippen molar-refractivity contribution < 1.29 is 4.42 Å². The van der Waals surface area contributed by atoms with E-state index in [9.17, 15) is 0 Å². The van der Waals surface area contributed by atoms with Gasteiger partial charge in [-0.05, 0) is 104 Å². The normalized spacial score (nSPS) is 14.3. The molecule has 0 bridgehead atoms. The zero-order valence-corrected chi connectivity index (χ0v) is 35.1. The predicted molar refractivity (Wildman–Crippen MR) is 248 cm³/mol. The third kappa shape index (κ3) is 7.02. The predicted octanol–water partition coefficient (Wildman–Crippen LogP) is 11.9. The number of nitrogens with zero attached hydrogens (tertiary/aromatic N) is 5. The highest BCUT2D eigenvalue weighted by Crippen LogP contribution is 2.51. The maximum Gasteiger partial charge on any atom is 0.182 e. The lowest BCUT2D eigenvalue weighted by Gasteiger charge is -2.21. The molecule has 0 N–H and O–H groups in total. The first-order valence-electron chi connectivity index (χ1n) is 20.0. The van der Waals surface area contributed by atoms with Crippen LogP contribution in [0.25, 0.3) is 68.2 Å². The molecule has 8 heteroatoms. The number of oxazole rings is 1. The summed E-state index contributed by atoms with van der Waals surface area (Å²) in [6.07, 6.45) is 20.1. The Kier molecular flexibility index (Phi) is 11.5. The van der Waals surface area contributed by atoms with Gasteiger partial charge in [-0.3, -0.25) is 0 Å². The van der Waals surface area contributed by atoms with Gasteiger partial charge in [0.25, 0.3) is 0 Å². The SMILES string of the molecule is C=C/C(=C\c1c(/C=C\[B]C)c(C)n(-c2cccc(-c3nc(C(/C=C\C)=C/C)nc(C(/C=C\C)=C/C)n3)c2)c1[B]C)c1ccc2c(c1)-c1c(ccc3ncoc13)C2(C)C. The zero-order valence-electron chi connectivity index (χ0n) is 35.1. The number of hydrogen-bond donors (Lipinski definition) is 0. The molecule has 3 aromatic carbocycles. The minimum atomic E-state index is -0.169. The van der Waals surface area contributed by atoms with Crippen LogP contribution in [0.1, 0.15) is 86.7 Å². The number of benzene rings is 3. The van der Waals surface area contributed by atoms with Crippen LogP contribution in [0.4, 0.5) is 0 Å². The zero-order chi connectivity index (χ0) is 41.1. The van der Waals surface area contributed by atoms with Crippen molar-refractivity contribution >= 4 is 60.1 Å². The van der Waals surface area contributed by atoms with Crippen LogP contribution in [0.5, 0.6) is 0 Å². The summed E-state index contributed by atoms with van der Waals surface area (Å²) >= 11 is 0. The van der Waals surface area contributed by atoms with Crippen molar-refractivity contribution in [3.63, 3.8) is 0 Å². The van der Waals surface area contributed by atoms with E-state index < -0.39 is 0 Å². The van der Waals surface area contributed by atoms with Gasteiger partial charge in [0, 0.05) is 44.6 Å². The molecule has 6 aromatic rings. The van der Waals surface area contributed by atoms with Crippen LogP contribution in [0.3, 0.4) is 0 Å². The highest BCUT2D eigenvalue weighted by atomic mass is 16.3. The molecule has 0 saturated carbocycles. The Morgan fingerprint density at radius 1 is 0.828 bits per heavy atom. The number of rotatable bonds is 12. The van der Waals surface area contributed by atoms with Crippen LogP contribution in [-0.4, -0.2) is 39.1 Å². The lowest BCUT2D eigenvalue weighted by atomic mass is 9.74. The van der Waals surface area contributed by atoms with Crippen LogP contribution in [-0.2, 0) is 5.41 Å². The van der Waals surface area contributed by atoms with Gasteiger partial charge in [0.1, 0.15) is 12.8 Å². The Hall–Kier alpha value is -6.27. The number of fused-ring (bicyclic) bond motifs is 5. The fourth-order valence-electron chi connectivity index (χ4n) is 8.19. The molecule has 0 unspecified atom stereocenters. The molecule has 0 spiro atoms. The fraction of sp³-hybridized carbons (Fsp3) is 0.200. The van der Waals surface area contributed by atoms with E-state index in [0.717, 1.165) is 72.6 Å². The van der Waals surface area contributed by atoms with Crippen molar-refractivity contribution in [2.24, 2.45) is 0 Å². The molecule has 0 aliphatic heterocycles. The molecule has 1 aliphatic rings. The average Bonchev–Trinajstić information content (AvgIpc) is 3.89. The Balaban J connectivity index is 1.39. The van der Waals surface area contributed by atoms with Crippen molar-refractivity contribution in [3.05, 3.63) is 161 Å². The molecule has 286 valence electrons. The summed E-state index contributed by atoms with van der Waals surface area (Å²) in [4.78, 5) is 19.4. The number of allylic oxidation sites excluding steroid dienone is 10. The second kappa shape index (κ2) is 16.7. The van der Waals surface area contributed by atoms with E-state index >= 15 is 0 Å². The molecule has 3 heterocycles. The van der Waals surface area contributed by atoms with E-state index in [2.05, 4.69) is 131 Å². The van der Waals surface area contributed by atoms with Gasteiger partial charge < -0.3 is 8.98 Å². The standard InChI is InChI=1S/C50H49B2N5O/c1-11-17-32(13-3)47-54-48(33(14-4)18-12-2)56-49(55-47)36-19-16-20-37(27-36)57-31(6)38(25-26-51-9)39(46(57)52-10)28-34(15-5)35-21-22-41-40(29-35)44-42(50(41,7)8)23-24-43-45(44)58-30-53-43/h11-30H,5H2,1-4,6-10H3/b17-11-,18-12-,26-25-,32-13+,33-14+,34-28+. The number of aromatic nitrogens is 5. The summed E-state index contributed by atoms with van der Waals surface area (Å²) in [7, 11) is 4.25. The van der Waals surface area contributed by atoms with E-state index in [1.807, 2.05) is 77.1 Å². The molecule has 6 nitrogen and oxygen atoms in total. The third-order valence-electron chi connectivity index (χ3n) is 11.1. The molecule has 7 rings (SSSR count). The maximum absolute atomic E-state index is 5.99. The third-order valence-corrected chi connectivity index (χ3v) is 11.1. The van der Waals surface area contributed by atoms with Gasteiger partial charge in [-0.2, -0.15) is 0 Å². The van der Waals surface area contributed by atoms with Gasteiger partial charge in [-0.15, -0.1) is 5.98 Å². The highest BCUT2D eigenvalue weighted by Gasteiger charge is 2.37. The topological polar surface area (TPSA) is 69.6 Å². The van der Waals surface area contributed by atoms with Gasteiger partial charge in [-0.25, -0.2) is 19.9 Å². The molecule has 0 fully saturated rings. The summed E-state index contributed by atoms with van der Waals surface area (Å²) in [6.45, 7) is 23.2. The van der Waals surface area contributed by atoms with E-state index in [1.165, 1.54) is 23.1 Å². The summed E-state index contributed by atoms with van der Waals surface area (Å²) in [5.74, 6) is 3.98. The van der Waals surface area contributed by atoms with Crippen molar-refractivity contribution in [1.29, 1.82) is 0 Å². The van der Waals surface area contributed by atoms with Crippen LogP contribution in [0.15, 0.2) is 120 Å². The molecule has 0 amide bonds. The number of hydrogen-bond acceptors (Lipinski definition) is 5. The Bertz CT molecular complexity index is 2710. The summed E-state index contributed by atoms with van der Waals surface area (Å²) in [5.41, 5.74) is 16.6. The molecular formula is C50H49B2N5O. The first-order chi connectivity index (χ1) is 28.1. The Morgan fingerprint density at radius 2 is 1.53 bits per heavy atom. The van der Waals surface area contributed by atoms with Crippen LogP contribution in [0, 0.1) is 6.92 Å². The van der Waals surface area contributed by atoms with E-state index in [-0.39, 0.29) is 5.41 Å². The Morgan fingerprint density at radius 3 is 2.17 bits per heavy atom. The molecule has 1 aliphatic carbocycles. The van der Waals surface area contributed by atoms with Gasteiger partial charge >= 0.3 is 0 Å². The molecule has 3 aromatic heterocycles. The van der Waals surface area contributed by atoms with Crippen LogP contribution < -0.4 is 5.59 Å². The second-order valence-corrected chi connectivity index (χ2v) is 14.8. The average molecular weight is 758 g/mol. The molecule has 2 radical (unpaired) electrons. The first kappa shape index (κ1) is 39.9. The molecule has 58 heavy (non-hydrogen) atoms. The highest BCUT2D eigenvalue weighted by molar-refractivity contribution is 6.53. The van der Waals surface area contributed by atoms with Crippen molar-refractivity contribution in [1.82, 2.24) is 24.5 Å². The van der Waals surface area contributed by atoms with Crippen LogP contribution in [0.2, 0.25) is 13.6 Å². The van der Waals surface area contributed by atoms with E-state index in [4.69, 9.17) is 19.4 Å². The van der Waals surface area contributed by atoms with Gasteiger partial charge in [0.15, 0.2) is 36.7 Å². The second-order valence-electron chi connectivity index (χ2n) is 14.8. The molecule has 0 atom stereocenters. The van der Waals surface area contributed by atoms with Gasteiger partial charge in [-0.1, -0.05) is 113 Å². The molecular weight excluding hydrogens is 708 g/mol. The fourth-order valence-corrected chi connectivity index (χ4v) is 8.19. The lowest BCUT2D eigenvalue weighted by Crippen LogP contribution is -2.24. The maximum atomic E-state index is 5.99. The monoisotopic (exact) mass is 757 g/mol. The molecule has 0 saturated heterocycles. The minimum absolute atomic E-state index is 0.169. The van der Waals surface area contributed by atoms with E-state index in [0.29, 0.717) is 17.5 Å². The summed E-state index contributed by atoms with van der Waals surface area (Å²) < 4.78 is 8.31. The van der Waals surface area contributed by atoms with Gasteiger partial charge in [0.05, 0.1) is 0 Å². The smallest absolute Gasteiger partial charge is 0.182 e. The van der Waals surface area contributed by atoms with E-state index in [1.54, 1.807) is 0 Å². The van der Waals surface area contributed by atoms with Crippen molar-refractivity contribution in [2.75, 3.05) is 0 Å². The Labute approximate surface area is 344 Å². The first-order valence-corrected chi connectivity index (χ1v) is 20.0. The van der Waals surface area contributed by atoms with Crippen molar-refractivity contribution in [2.45, 2.75) is 67.5 Å². The van der Waals surface area contributed by atoms with Gasteiger partial charge in [0.2, 0.25) is 0 Å². The van der Waals surface area contributed by atoms with Crippen LogP contribution >= 0.6 is 0 Å².